The molecule has 0 bridgehead atoms. The van der Waals surface area contributed by atoms with Gasteiger partial charge in [-0.25, -0.2) is 0 Å². The van der Waals surface area contributed by atoms with Gasteiger partial charge in [0.15, 0.2) is 8.07 Å². The van der Waals surface area contributed by atoms with Crippen molar-refractivity contribution in [3.63, 3.8) is 0 Å². The van der Waals surface area contributed by atoms with E-state index < -0.39 is 8.07 Å². The highest BCUT2D eigenvalue weighted by atomic mass is 32.1. The first-order chi connectivity index (χ1) is 20.3. The van der Waals surface area contributed by atoms with Gasteiger partial charge in [-0.2, -0.15) is 0 Å². The Morgan fingerprint density at radius 3 is 1.93 bits per heavy atom. The minimum Gasteiger partial charge on any atom is -0.255 e. The first kappa shape index (κ1) is 28.6. The average Bonchev–Trinajstić information content (AvgIpc) is 3.36. The van der Waals surface area contributed by atoms with Crippen LogP contribution in [-0.4, -0.2) is 13.1 Å². The molecule has 212 valence electrons. The summed E-state index contributed by atoms with van der Waals surface area (Å²) in [4.78, 5) is 5.10. The van der Waals surface area contributed by atoms with Crippen LogP contribution in [-0.2, 0) is 5.41 Å². The van der Waals surface area contributed by atoms with E-state index in [4.69, 9.17) is 4.98 Å². The predicted molar refractivity (Wildman–Crippen MR) is 188 cm³/mol. The van der Waals surface area contributed by atoms with Crippen molar-refractivity contribution in [1.29, 1.82) is 0 Å². The van der Waals surface area contributed by atoms with E-state index in [2.05, 4.69) is 145 Å². The monoisotopic (exact) mass is 583 g/mol. The molecule has 0 fully saturated rings. The first-order valence-corrected chi connectivity index (χ1v) is 18.2. The Balaban J connectivity index is 1.69. The van der Waals surface area contributed by atoms with Crippen LogP contribution in [0.2, 0.25) is 5.54 Å². The Hall–Kier alpha value is -3.53. The van der Waals surface area contributed by atoms with Gasteiger partial charge in [-0.05, 0) is 73.7 Å². The highest BCUT2D eigenvalue weighted by Gasteiger charge is 2.47. The van der Waals surface area contributed by atoms with Gasteiger partial charge in [0.1, 0.15) is 0 Å². The largest absolute Gasteiger partial charge is 0.255 e. The Morgan fingerprint density at radius 2 is 1.33 bits per heavy atom. The van der Waals surface area contributed by atoms with Gasteiger partial charge in [0.25, 0.3) is 0 Å². The van der Waals surface area contributed by atoms with Gasteiger partial charge in [-0.15, -0.1) is 11.3 Å². The molecule has 42 heavy (non-hydrogen) atoms. The molecule has 6 aromatic rings. The lowest BCUT2D eigenvalue weighted by atomic mass is 9.82. The summed E-state index contributed by atoms with van der Waals surface area (Å²) >= 11 is 2.02. The van der Waals surface area contributed by atoms with Gasteiger partial charge in [-0.1, -0.05) is 132 Å². The Morgan fingerprint density at radius 1 is 0.738 bits per heavy atom. The van der Waals surface area contributed by atoms with Gasteiger partial charge < -0.3 is 0 Å². The van der Waals surface area contributed by atoms with Gasteiger partial charge in [0, 0.05) is 16.3 Å². The topological polar surface area (TPSA) is 12.9 Å². The van der Waals surface area contributed by atoms with Crippen LogP contribution in [0.1, 0.15) is 58.6 Å². The van der Waals surface area contributed by atoms with Crippen molar-refractivity contribution in [2.24, 2.45) is 0 Å². The van der Waals surface area contributed by atoms with Crippen LogP contribution in [0.25, 0.3) is 32.1 Å². The molecule has 0 N–H and O–H groups in total. The fraction of sp³-hybridized carbons (Fsp3) is 0.256. The zero-order valence-corrected chi connectivity index (χ0v) is 27.6. The smallest absolute Gasteiger partial charge is 0.163 e. The maximum absolute atomic E-state index is 5.10. The number of pyridine rings is 1. The summed E-state index contributed by atoms with van der Waals surface area (Å²) in [5.74, 6) is 0. The Bertz CT molecular complexity index is 1800. The second kappa shape index (κ2) is 11.3. The number of benzene rings is 4. The lowest BCUT2D eigenvalue weighted by Crippen LogP contribution is -2.69. The van der Waals surface area contributed by atoms with Crippen molar-refractivity contribution in [2.45, 2.75) is 65.3 Å². The van der Waals surface area contributed by atoms with E-state index in [1.165, 1.54) is 47.9 Å². The summed E-state index contributed by atoms with van der Waals surface area (Å²) in [5, 5.41) is 6.98. The SMILES string of the molecule is CCC(CC)[Si](c1ccccc1)(c1ccccc1)c1sc2c(-c3cc(C(C)(C)C)c4ccccc4c3)nccc2c1C. The predicted octanol–water partition coefficient (Wildman–Crippen LogP) is 9.38. The highest BCUT2D eigenvalue weighted by Crippen LogP contribution is 2.40. The van der Waals surface area contributed by atoms with Crippen molar-refractivity contribution in [3.8, 4) is 11.3 Å². The number of thiophene rings is 1. The van der Waals surface area contributed by atoms with Crippen molar-refractivity contribution in [3.05, 3.63) is 120 Å². The lowest BCUT2D eigenvalue weighted by molar-refractivity contribution is 0.596. The van der Waals surface area contributed by atoms with E-state index in [-0.39, 0.29) is 5.41 Å². The normalized spacial score (nSPS) is 12.5. The summed E-state index contributed by atoms with van der Waals surface area (Å²) in [6.07, 6.45) is 4.34. The summed E-state index contributed by atoms with van der Waals surface area (Å²) in [6.45, 7) is 14.1. The van der Waals surface area contributed by atoms with Gasteiger partial charge >= 0.3 is 0 Å². The van der Waals surface area contributed by atoms with E-state index >= 15 is 0 Å². The number of hydrogen-bond donors (Lipinski definition) is 0. The molecular formula is C39H41NSSi. The molecule has 0 spiro atoms. The fourth-order valence-electron chi connectivity index (χ4n) is 7.19. The van der Waals surface area contributed by atoms with Crippen LogP contribution in [0.4, 0.5) is 0 Å². The molecule has 6 rings (SSSR count). The zero-order chi connectivity index (χ0) is 29.5. The molecule has 3 heteroatoms. The minimum atomic E-state index is -2.40. The van der Waals surface area contributed by atoms with Crippen molar-refractivity contribution < 1.29 is 0 Å². The molecule has 0 saturated carbocycles. The average molecular weight is 584 g/mol. The number of nitrogens with zero attached hydrogens (tertiary/aromatic N) is 1. The van der Waals surface area contributed by atoms with Gasteiger partial charge in [0.2, 0.25) is 0 Å². The third-order valence-corrected chi connectivity index (χ3v) is 17.2. The molecule has 1 nitrogen and oxygen atoms in total. The molecular weight excluding hydrogens is 543 g/mol. The van der Waals surface area contributed by atoms with E-state index in [1.807, 2.05) is 17.5 Å². The third kappa shape index (κ3) is 4.64. The molecule has 2 heterocycles. The molecule has 0 aliphatic heterocycles. The highest BCUT2D eigenvalue weighted by molar-refractivity contribution is 7.37. The van der Waals surface area contributed by atoms with Crippen molar-refractivity contribution >= 4 is 55.1 Å². The van der Waals surface area contributed by atoms with Crippen molar-refractivity contribution in [2.75, 3.05) is 0 Å². The minimum absolute atomic E-state index is 0.0260. The number of aryl methyl sites for hydroxylation is 1. The second-order valence-corrected chi connectivity index (χ2v) is 18.1. The Labute approximate surface area is 256 Å². The molecule has 0 saturated heterocycles. The fourth-order valence-corrected chi connectivity index (χ4v) is 16.0. The van der Waals surface area contributed by atoms with Crippen LogP contribution < -0.4 is 14.9 Å². The van der Waals surface area contributed by atoms with Crippen LogP contribution in [0.15, 0.2) is 109 Å². The summed E-state index contributed by atoms with van der Waals surface area (Å²) in [5.41, 5.74) is 5.73. The number of fused-ring (bicyclic) bond motifs is 2. The molecule has 0 atom stereocenters. The van der Waals surface area contributed by atoms with E-state index in [0.29, 0.717) is 5.54 Å². The summed E-state index contributed by atoms with van der Waals surface area (Å²) < 4.78 is 2.89. The maximum Gasteiger partial charge on any atom is 0.163 e. The molecule has 4 aromatic carbocycles. The summed E-state index contributed by atoms with van der Waals surface area (Å²) in [7, 11) is -2.40. The molecule has 0 unspecified atom stereocenters. The standard InChI is InChI=1S/C39H41NSSi/c1-7-30(8-2)42(31-18-11-9-12-19-31,32-20-13-10-14-21-32)38-27(3)33-23-24-40-36(37(33)41-38)29-25-28-17-15-16-22-34(28)35(26-29)39(4,5)6/h9-26,30H,7-8H2,1-6H3. The first-order valence-electron chi connectivity index (χ1n) is 15.3. The van der Waals surface area contributed by atoms with Gasteiger partial charge in [-0.3, -0.25) is 4.98 Å². The van der Waals surface area contributed by atoms with Crippen LogP contribution in [0.3, 0.4) is 0 Å². The molecule has 2 aromatic heterocycles. The lowest BCUT2D eigenvalue weighted by Gasteiger charge is -2.39. The van der Waals surface area contributed by atoms with E-state index in [9.17, 15) is 0 Å². The molecule has 0 aliphatic carbocycles. The molecule has 0 radical (unpaired) electrons. The summed E-state index contributed by atoms with van der Waals surface area (Å²) in [6, 6.07) is 38.7. The maximum atomic E-state index is 5.10. The van der Waals surface area contributed by atoms with E-state index in [1.54, 1.807) is 4.50 Å². The van der Waals surface area contributed by atoms with Crippen LogP contribution in [0, 0.1) is 6.92 Å². The van der Waals surface area contributed by atoms with Crippen LogP contribution in [0.5, 0.6) is 0 Å². The Kier molecular flexibility index (Phi) is 7.67. The number of hydrogen-bond acceptors (Lipinski definition) is 2. The van der Waals surface area contributed by atoms with Crippen LogP contribution >= 0.6 is 11.3 Å². The third-order valence-electron chi connectivity index (χ3n) is 9.21. The molecule has 0 aliphatic rings. The second-order valence-electron chi connectivity index (χ2n) is 12.6. The number of rotatable bonds is 7. The number of aromatic nitrogens is 1. The van der Waals surface area contributed by atoms with Gasteiger partial charge in [0.05, 0.1) is 10.4 Å². The zero-order valence-electron chi connectivity index (χ0n) is 25.7. The quantitative estimate of drug-likeness (QED) is 0.171. The van der Waals surface area contributed by atoms with E-state index in [0.717, 1.165) is 18.5 Å². The van der Waals surface area contributed by atoms with Crippen molar-refractivity contribution in [1.82, 2.24) is 4.98 Å². The molecule has 0 amide bonds.